The highest BCUT2D eigenvalue weighted by Crippen LogP contribution is 2.31. The zero-order chi connectivity index (χ0) is 20.2. The summed E-state index contributed by atoms with van der Waals surface area (Å²) in [6, 6.07) is 15.4. The molecule has 0 atom stereocenters. The zero-order valence-electron chi connectivity index (χ0n) is 16.4. The number of rotatable bonds is 6. The first kappa shape index (κ1) is 19.5. The number of para-hydroxylation sites is 1. The quantitative estimate of drug-likeness (QED) is 0.534. The van der Waals surface area contributed by atoms with E-state index in [-0.39, 0.29) is 5.91 Å². The monoisotopic (exact) mass is 410 g/mol. The number of aryl methyl sites for hydroxylation is 1. The highest BCUT2D eigenvalue weighted by atomic mass is 35.5. The molecule has 0 fully saturated rings. The summed E-state index contributed by atoms with van der Waals surface area (Å²) >= 11 is 5.97. The lowest BCUT2D eigenvalue weighted by molar-refractivity contribution is -0.132. The topological polar surface area (TPSA) is 55.6 Å². The maximum absolute atomic E-state index is 12.6. The van der Waals surface area contributed by atoms with Crippen molar-refractivity contribution in [1.29, 1.82) is 0 Å². The fourth-order valence-corrected chi connectivity index (χ4v) is 3.68. The molecule has 1 aliphatic rings. The molecule has 2 aromatic carbocycles. The van der Waals surface area contributed by atoms with Crippen LogP contribution in [0.25, 0.3) is 11.3 Å². The van der Waals surface area contributed by atoms with Crippen molar-refractivity contribution in [3.63, 3.8) is 0 Å². The van der Waals surface area contributed by atoms with E-state index < -0.39 is 0 Å². The van der Waals surface area contributed by atoms with Gasteiger partial charge in [-0.25, -0.2) is 0 Å². The van der Waals surface area contributed by atoms with Crippen molar-refractivity contribution < 1.29 is 14.1 Å². The number of fused-ring (bicyclic) bond motifs is 1. The van der Waals surface area contributed by atoms with Crippen molar-refractivity contribution in [2.45, 2.75) is 32.7 Å². The van der Waals surface area contributed by atoms with Gasteiger partial charge in [-0.3, -0.25) is 4.79 Å². The number of ether oxygens (including phenoxy) is 1. The van der Waals surface area contributed by atoms with Gasteiger partial charge in [0.05, 0.1) is 13.2 Å². The Labute approximate surface area is 175 Å². The van der Waals surface area contributed by atoms with Crippen molar-refractivity contribution in [2.75, 3.05) is 13.2 Å². The number of nitrogens with zero attached hydrogens (tertiary/aromatic N) is 2. The van der Waals surface area contributed by atoms with Crippen LogP contribution in [0.1, 0.15) is 29.7 Å². The van der Waals surface area contributed by atoms with Crippen molar-refractivity contribution in [2.24, 2.45) is 0 Å². The van der Waals surface area contributed by atoms with Crippen molar-refractivity contribution >= 4 is 17.5 Å². The van der Waals surface area contributed by atoms with Crippen LogP contribution in [-0.2, 0) is 17.8 Å². The Morgan fingerprint density at radius 3 is 2.79 bits per heavy atom. The van der Waals surface area contributed by atoms with Gasteiger partial charge in [0.1, 0.15) is 11.4 Å². The molecule has 2 heterocycles. The summed E-state index contributed by atoms with van der Waals surface area (Å²) in [6.07, 6.45) is 1.89. The average molecular weight is 411 g/mol. The highest BCUT2D eigenvalue weighted by Gasteiger charge is 2.27. The van der Waals surface area contributed by atoms with Crippen molar-refractivity contribution in [1.82, 2.24) is 10.1 Å². The number of carbonyl (C=O) groups excluding carboxylic acids is 1. The summed E-state index contributed by atoms with van der Waals surface area (Å²) in [5.41, 5.74) is 3.98. The molecule has 6 heteroatoms. The lowest BCUT2D eigenvalue weighted by Gasteiger charge is -2.26. The van der Waals surface area contributed by atoms with Gasteiger partial charge >= 0.3 is 0 Å². The molecule has 0 saturated carbocycles. The average Bonchev–Trinajstić information content (AvgIpc) is 3.16. The van der Waals surface area contributed by atoms with Crippen LogP contribution >= 0.6 is 11.6 Å². The molecule has 1 aliphatic heterocycles. The molecule has 4 rings (SSSR count). The molecular weight excluding hydrogens is 388 g/mol. The Morgan fingerprint density at radius 1 is 1.21 bits per heavy atom. The molecule has 0 N–H and O–H groups in total. The molecule has 0 radical (unpaired) electrons. The van der Waals surface area contributed by atoms with Gasteiger partial charge in [0.15, 0.2) is 5.76 Å². The first-order valence-electron chi connectivity index (χ1n) is 9.81. The Balaban J connectivity index is 1.31. The minimum atomic E-state index is 0.125. The molecule has 150 valence electrons. The summed E-state index contributed by atoms with van der Waals surface area (Å²) in [7, 11) is 0. The summed E-state index contributed by atoms with van der Waals surface area (Å²) in [6.45, 7) is 3.71. The van der Waals surface area contributed by atoms with E-state index >= 15 is 0 Å². The Kier molecular flexibility index (Phi) is 5.86. The van der Waals surface area contributed by atoms with Crippen LogP contribution in [0.4, 0.5) is 0 Å². The molecule has 5 nitrogen and oxygen atoms in total. The van der Waals surface area contributed by atoms with Crippen molar-refractivity contribution in [3.05, 3.63) is 70.4 Å². The number of amides is 1. The lowest BCUT2D eigenvalue weighted by atomic mass is 10.0. The molecule has 0 saturated heterocycles. The molecule has 29 heavy (non-hydrogen) atoms. The van der Waals surface area contributed by atoms with E-state index in [1.165, 1.54) is 0 Å². The molecule has 3 aromatic rings. The first-order chi connectivity index (χ1) is 14.1. The predicted octanol–water partition coefficient (Wildman–Crippen LogP) is 5.05. The second-order valence-corrected chi connectivity index (χ2v) is 7.66. The fourth-order valence-electron chi connectivity index (χ4n) is 3.55. The third-order valence-corrected chi connectivity index (χ3v) is 5.44. The van der Waals surface area contributed by atoms with Gasteiger partial charge in [-0.15, -0.1) is 0 Å². The molecule has 1 amide bonds. The second-order valence-electron chi connectivity index (χ2n) is 7.23. The van der Waals surface area contributed by atoms with E-state index in [1.54, 1.807) is 0 Å². The van der Waals surface area contributed by atoms with Gasteiger partial charge in [0, 0.05) is 29.1 Å². The molecule has 1 aromatic heterocycles. The van der Waals surface area contributed by atoms with Crippen LogP contribution in [0, 0.1) is 6.92 Å². The van der Waals surface area contributed by atoms with E-state index in [2.05, 4.69) is 5.16 Å². The number of aromatic nitrogens is 1. The van der Waals surface area contributed by atoms with Gasteiger partial charge in [0.25, 0.3) is 0 Å². The molecule has 0 unspecified atom stereocenters. The SMILES string of the molecule is Cc1ccccc1OCCCC(=O)N1CCc2c(noc2-c2ccc(Cl)cc2)C1. The number of hydrogen-bond donors (Lipinski definition) is 0. The normalized spacial score (nSPS) is 13.2. The summed E-state index contributed by atoms with van der Waals surface area (Å²) in [5, 5.41) is 4.89. The molecule has 0 aliphatic carbocycles. The third-order valence-electron chi connectivity index (χ3n) is 5.19. The van der Waals surface area contributed by atoms with Crippen LogP contribution in [-0.4, -0.2) is 29.1 Å². The number of benzene rings is 2. The Bertz CT molecular complexity index is 998. The smallest absolute Gasteiger partial charge is 0.223 e. The van der Waals surface area contributed by atoms with Gasteiger partial charge in [0.2, 0.25) is 5.91 Å². The van der Waals surface area contributed by atoms with Crippen LogP contribution in [0.15, 0.2) is 53.1 Å². The van der Waals surface area contributed by atoms with Crippen LogP contribution < -0.4 is 4.74 Å². The maximum Gasteiger partial charge on any atom is 0.223 e. The first-order valence-corrected chi connectivity index (χ1v) is 10.2. The van der Waals surface area contributed by atoms with E-state index in [1.807, 2.05) is 60.4 Å². The van der Waals surface area contributed by atoms with Crippen LogP contribution in [0.2, 0.25) is 5.02 Å². The van der Waals surface area contributed by atoms with Gasteiger partial charge in [-0.05, 0) is 55.7 Å². The van der Waals surface area contributed by atoms with Crippen LogP contribution in [0.3, 0.4) is 0 Å². The second kappa shape index (κ2) is 8.70. The molecule has 0 bridgehead atoms. The fraction of sp³-hybridized carbons (Fsp3) is 0.304. The van der Waals surface area contributed by atoms with E-state index in [9.17, 15) is 4.79 Å². The summed E-state index contributed by atoms with van der Waals surface area (Å²) < 4.78 is 11.4. The highest BCUT2D eigenvalue weighted by molar-refractivity contribution is 6.30. The lowest BCUT2D eigenvalue weighted by Crippen LogP contribution is -2.36. The number of halogens is 1. The summed E-state index contributed by atoms with van der Waals surface area (Å²) in [5.74, 6) is 1.77. The summed E-state index contributed by atoms with van der Waals surface area (Å²) in [4.78, 5) is 14.4. The van der Waals surface area contributed by atoms with Gasteiger partial charge in [-0.1, -0.05) is 35.0 Å². The maximum atomic E-state index is 12.6. The standard InChI is InChI=1S/C23H23ClN2O3/c1-16-5-2-3-6-21(16)28-14-4-7-22(27)26-13-12-19-20(15-26)25-29-23(19)17-8-10-18(24)11-9-17/h2-3,5-6,8-11H,4,7,12-15H2,1H3. The Morgan fingerprint density at radius 2 is 2.00 bits per heavy atom. The molecule has 0 spiro atoms. The van der Waals surface area contributed by atoms with Crippen LogP contribution in [0.5, 0.6) is 5.75 Å². The zero-order valence-corrected chi connectivity index (χ0v) is 17.1. The van der Waals surface area contributed by atoms with E-state index in [0.29, 0.717) is 37.6 Å². The largest absolute Gasteiger partial charge is 0.493 e. The minimum absolute atomic E-state index is 0.125. The predicted molar refractivity (Wildman–Crippen MR) is 112 cm³/mol. The van der Waals surface area contributed by atoms with E-state index in [4.69, 9.17) is 20.9 Å². The minimum Gasteiger partial charge on any atom is -0.493 e. The third kappa shape index (κ3) is 4.46. The number of hydrogen-bond acceptors (Lipinski definition) is 4. The Hall–Kier alpha value is -2.79. The van der Waals surface area contributed by atoms with Crippen molar-refractivity contribution in [3.8, 4) is 17.1 Å². The number of carbonyl (C=O) groups is 1. The van der Waals surface area contributed by atoms with Gasteiger partial charge in [-0.2, -0.15) is 0 Å². The van der Waals surface area contributed by atoms with E-state index in [0.717, 1.165) is 40.3 Å². The van der Waals surface area contributed by atoms with Gasteiger partial charge < -0.3 is 14.2 Å². The molecular formula is C23H23ClN2O3.